The highest BCUT2D eigenvalue weighted by atomic mass is 16.5. The molecule has 0 saturated heterocycles. The lowest BCUT2D eigenvalue weighted by atomic mass is 10.2. The van der Waals surface area contributed by atoms with Crippen LogP contribution in [0.4, 0.5) is 5.69 Å². The van der Waals surface area contributed by atoms with Crippen LogP contribution in [-0.4, -0.2) is 18.2 Å². The van der Waals surface area contributed by atoms with Crippen molar-refractivity contribution in [1.82, 2.24) is 5.43 Å². The summed E-state index contributed by atoms with van der Waals surface area (Å²) in [5.41, 5.74) is 4.33. The number of hydrogen-bond acceptors (Lipinski definition) is 4. The van der Waals surface area contributed by atoms with Gasteiger partial charge in [-0.05, 0) is 48.4 Å². The number of carbonyl (C=O) groups is 1. The Labute approximate surface area is 165 Å². The first-order valence-electron chi connectivity index (χ1n) is 9.22. The lowest BCUT2D eigenvalue weighted by Gasteiger charge is -2.16. The van der Waals surface area contributed by atoms with Crippen molar-refractivity contribution in [1.29, 1.82) is 0 Å². The molecule has 1 atom stereocenters. The molecule has 0 aliphatic rings. The molecule has 0 aliphatic carbocycles. The Morgan fingerprint density at radius 3 is 2.36 bits per heavy atom. The minimum atomic E-state index is -0.354. The van der Waals surface area contributed by atoms with Gasteiger partial charge >= 0.3 is 0 Å². The topological polar surface area (TPSA) is 62.7 Å². The van der Waals surface area contributed by atoms with E-state index in [0.717, 1.165) is 17.0 Å². The number of amides is 1. The van der Waals surface area contributed by atoms with Crippen molar-refractivity contribution in [2.24, 2.45) is 5.10 Å². The molecule has 0 aromatic heterocycles. The molecule has 28 heavy (non-hydrogen) atoms. The number of hydrazone groups is 1. The normalized spacial score (nSPS) is 11.8. The van der Waals surface area contributed by atoms with Gasteiger partial charge in [-0.25, -0.2) is 5.43 Å². The Bertz CT molecular complexity index is 911. The van der Waals surface area contributed by atoms with E-state index < -0.39 is 0 Å². The first-order valence-corrected chi connectivity index (χ1v) is 9.22. The van der Waals surface area contributed by atoms with Gasteiger partial charge in [-0.1, -0.05) is 55.5 Å². The van der Waals surface area contributed by atoms with Crippen molar-refractivity contribution in [2.75, 3.05) is 5.32 Å². The second-order valence-electron chi connectivity index (χ2n) is 6.19. The zero-order valence-corrected chi connectivity index (χ0v) is 15.7. The van der Waals surface area contributed by atoms with E-state index in [1.165, 1.54) is 0 Å². The van der Waals surface area contributed by atoms with Gasteiger partial charge in [-0.2, -0.15) is 5.10 Å². The van der Waals surface area contributed by atoms with Crippen LogP contribution in [0.25, 0.3) is 0 Å². The van der Waals surface area contributed by atoms with Crippen LogP contribution in [0.15, 0.2) is 90.0 Å². The number of carbonyl (C=O) groups excluding carboxylic acids is 1. The number of hydrogen-bond donors (Lipinski definition) is 2. The van der Waals surface area contributed by atoms with Gasteiger partial charge in [-0.15, -0.1) is 0 Å². The fourth-order valence-corrected chi connectivity index (χ4v) is 2.62. The summed E-state index contributed by atoms with van der Waals surface area (Å²) in [5.74, 6) is 1.29. The third kappa shape index (κ3) is 5.71. The van der Waals surface area contributed by atoms with Crippen LogP contribution in [0.2, 0.25) is 0 Å². The molecule has 5 heteroatoms. The van der Waals surface area contributed by atoms with E-state index in [4.69, 9.17) is 4.74 Å². The molecule has 1 amide bonds. The number of benzene rings is 3. The molecule has 2 N–H and O–H groups in total. The minimum absolute atomic E-state index is 0.181. The SMILES string of the molecule is CC[C@H](Nc1ccccc1)C(=O)N/N=C\c1cccc(Oc2ccccc2)c1. The summed E-state index contributed by atoms with van der Waals surface area (Å²) in [6.45, 7) is 1.95. The summed E-state index contributed by atoms with van der Waals surface area (Å²) < 4.78 is 5.81. The number of para-hydroxylation sites is 2. The lowest BCUT2D eigenvalue weighted by Crippen LogP contribution is -2.36. The maximum Gasteiger partial charge on any atom is 0.262 e. The largest absolute Gasteiger partial charge is 0.457 e. The number of nitrogens with one attached hydrogen (secondary N) is 2. The number of nitrogens with zero attached hydrogens (tertiary/aromatic N) is 1. The Balaban J connectivity index is 1.57. The first-order chi connectivity index (χ1) is 13.7. The molecule has 0 unspecified atom stereocenters. The number of anilines is 1. The average Bonchev–Trinajstić information content (AvgIpc) is 2.74. The third-order valence-corrected chi connectivity index (χ3v) is 4.06. The minimum Gasteiger partial charge on any atom is -0.457 e. The Morgan fingerprint density at radius 1 is 0.964 bits per heavy atom. The van der Waals surface area contributed by atoms with Gasteiger partial charge in [0.2, 0.25) is 0 Å². The molecule has 0 heterocycles. The fraction of sp³-hybridized carbons (Fsp3) is 0.130. The molecular formula is C23H23N3O2. The smallest absolute Gasteiger partial charge is 0.262 e. The molecule has 0 radical (unpaired) electrons. The molecule has 0 spiro atoms. The van der Waals surface area contributed by atoms with Gasteiger partial charge in [0.15, 0.2) is 0 Å². The van der Waals surface area contributed by atoms with E-state index in [9.17, 15) is 4.79 Å². The number of rotatable bonds is 8. The summed E-state index contributed by atoms with van der Waals surface area (Å²) in [7, 11) is 0. The van der Waals surface area contributed by atoms with Crippen LogP contribution in [0.1, 0.15) is 18.9 Å². The van der Waals surface area contributed by atoms with Crippen LogP contribution in [0.3, 0.4) is 0 Å². The maximum absolute atomic E-state index is 12.4. The summed E-state index contributed by atoms with van der Waals surface area (Å²) in [6, 6.07) is 26.4. The molecule has 5 nitrogen and oxygen atoms in total. The highest BCUT2D eigenvalue weighted by Gasteiger charge is 2.15. The van der Waals surface area contributed by atoms with Crippen molar-refractivity contribution < 1.29 is 9.53 Å². The van der Waals surface area contributed by atoms with E-state index in [-0.39, 0.29) is 11.9 Å². The maximum atomic E-state index is 12.4. The Morgan fingerprint density at radius 2 is 1.64 bits per heavy atom. The highest BCUT2D eigenvalue weighted by molar-refractivity contribution is 5.86. The molecular weight excluding hydrogens is 350 g/mol. The van der Waals surface area contributed by atoms with Crippen LogP contribution >= 0.6 is 0 Å². The Hall–Kier alpha value is -3.60. The summed E-state index contributed by atoms with van der Waals surface area (Å²) >= 11 is 0. The summed E-state index contributed by atoms with van der Waals surface area (Å²) in [6.07, 6.45) is 2.25. The Kier molecular flexibility index (Phi) is 6.79. The first kappa shape index (κ1) is 19.2. The zero-order valence-electron chi connectivity index (χ0n) is 15.7. The standard InChI is InChI=1S/C23H23N3O2/c1-2-22(25-19-11-5-3-6-12-19)23(27)26-24-17-18-10-9-15-21(16-18)28-20-13-7-4-8-14-20/h3-17,22,25H,2H2,1H3,(H,26,27)/b24-17-/t22-/m0/s1. The van der Waals surface area contributed by atoms with Gasteiger partial charge in [0, 0.05) is 5.69 Å². The third-order valence-electron chi connectivity index (χ3n) is 4.06. The molecule has 142 valence electrons. The molecule has 0 fully saturated rings. The van der Waals surface area contributed by atoms with E-state index in [0.29, 0.717) is 12.2 Å². The molecule has 0 bridgehead atoms. The fourth-order valence-electron chi connectivity index (χ4n) is 2.62. The van der Waals surface area contributed by atoms with Crippen molar-refractivity contribution in [3.63, 3.8) is 0 Å². The van der Waals surface area contributed by atoms with Crippen LogP contribution in [0, 0.1) is 0 Å². The van der Waals surface area contributed by atoms with Crippen molar-refractivity contribution >= 4 is 17.8 Å². The number of ether oxygens (including phenoxy) is 1. The average molecular weight is 373 g/mol. The molecule has 3 aromatic carbocycles. The molecule has 0 aliphatic heterocycles. The predicted octanol–water partition coefficient (Wildman–Crippen LogP) is 4.82. The second-order valence-corrected chi connectivity index (χ2v) is 6.19. The van der Waals surface area contributed by atoms with Crippen LogP contribution in [0.5, 0.6) is 11.5 Å². The highest BCUT2D eigenvalue weighted by Crippen LogP contribution is 2.21. The van der Waals surface area contributed by atoms with Gasteiger partial charge in [0.25, 0.3) is 5.91 Å². The monoisotopic (exact) mass is 373 g/mol. The van der Waals surface area contributed by atoms with E-state index in [1.54, 1.807) is 6.21 Å². The van der Waals surface area contributed by atoms with Crippen molar-refractivity contribution in [2.45, 2.75) is 19.4 Å². The molecule has 0 saturated carbocycles. The van der Waals surface area contributed by atoms with Gasteiger partial charge in [0.05, 0.1) is 6.21 Å². The van der Waals surface area contributed by atoms with Gasteiger partial charge in [0.1, 0.15) is 17.5 Å². The second kappa shape index (κ2) is 9.92. The van der Waals surface area contributed by atoms with E-state index >= 15 is 0 Å². The molecule has 3 aromatic rings. The van der Waals surface area contributed by atoms with E-state index in [1.807, 2.05) is 91.9 Å². The van der Waals surface area contributed by atoms with E-state index in [2.05, 4.69) is 15.8 Å². The van der Waals surface area contributed by atoms with Crippen LogP contribution in [-0.2, 0) is 4.79 Å². The molecule has 3 rings (SSSR count). The van der Waals surface area contributed by atoms with Crippen molar-refractivity contribution in [3.8, 4) is 11.5 Å². The van der Waals surface area contributed by atoms with Gasteiger partial charge in [-0.3, -0.25) is 4.79 Å². The quantitative estimate of drug-likeness (QED) is 0.439. The zero-order chi connectivity index (χ0) is 19.6. The lowest BCUT2D eigenvalue weighted by molar-refractivity contribution is -0.121. The van der Waals surface area contributed by atoms with Crippen LogP contribution < -0.4 is 15.5 Å². The van der Waals surface area contributed by atoms with Crippen molar-refractivity contribution in [3.05, 3.63) is 90.5 Å². The predicted molar refractivity (Wildman–Crippen MR) is 113 cm³/mol. The van der Waals surface area contributed by atoms with Gasteiger partial charge < -0.3 is 10.1 Å². The summed E-state index contributed by atoms with van der Waals surface area (Å²) in [5, 5.41) is 7.29. The summed E-state index contributed by atoms with van der Waals surface area (Å²) in [4.78, 5) is 12.4.